The Morgan fingerprint density at radius 2 is 1.78 bits per heavy atom. The highest BCUT2D eigenvalue weighted by molar-refractivity contribution is 5.01. The zero-order chi connectivity index (χ0) is 12.8. The molecule has 0 aromatic heterocycles. The molecular formula is C15H28N2O. The Morgan fingerprint density at radius 1 is 1.11 bits per heavy atom. The summed E-state index contributed by atoms with van der Waals surface area (Å²) in [5.74, 6) is 1.67. The van der Waals surface area contributed by atoms with E-state index < -0.39 is 0 Å². The van der Waals surface area contributed by atoms with Crippen molar-refractivity contribution < 1.29 is 4.74 Å². The Balaban J connectivity index is 1.75. The van der Waals surface area contributed by atoms with Gasteiger partial charge in [-0.3, -0.25) is 4.90 Å². The van der Waals surface area contributed by atoms with Gasteiger partial charge in [0.25, 0.3) is 0 Å². The van der Waals surface area contributed by atoms with Gasteiger partial charge in [0.1, 0.15) is 0 Å². The molecule has 0 aromatic carbocycles. The summed E-state index contributed by atoms with van der Waals surface area (Å²) in [6.07, 6.45) is 7.40. The number of nitrogens with zero attached hydrogens (tertiary/aromatic N) is 1. The summed E-state index contributed by atoms with van der Waals surface area (Å²) in [7, 11) is 0. The number of nitrogens with two attached hydrogens (primary N) is 1. The molecular weight excluding hydrogens is 224 g/mol. The molecule has 0 spiro atoms. The first-order valence-corrected chi connectivity index (χ1v) is 7.73. The molecule has 2 bridgehead atoms. The van der Waals surface area contributed by atoms with Crippen LogP contribution in [0.15, 0.2) is 0 Å². The maximum atomic E-state index is 6.21. The van der Waals surface area contributed by atoms with Crippen molar-refractivity contribution in [1.29, 1.82) is 0 Å². The number of rotatable bonds is 2. The van der Waals surface area contributed by atoms with E-state index in [9.17, 15) is 0 Å². The third-order valence-corrected chi connectivity index (χ3v) is 5.83. The molecule has 3 nitrogen and oxygen atoms in total. The molecule has 3 aliphatic rings. The number of hydrogen-bond acceptors (Lipinski definition) is 3. The van der Waals surface area contributed by atoms with Crippen LogP contribution in [0.5, 0.6) is 0 Å². The highest BCUT2D eigenvalue weighted by Crippen LogP contribution is 2.42. The van der Waals surface area contributed by atoms with Gasteiger partial charge in [-0.15, -0.1) is 0 Å². The van der Waals surface area contributed by atoms with E-state index in [2.05, 4.69) is 18.7 Å². The van der Waals surface area contributed by atoms with Crippen LogP contribution < -0.4 is 5.73 Å². The van der Waals surface area contributed by atoms with Gasteiger partial charge >= 0.3 is 0 Å². The quantitative estimate of drug-likeness (QED) is 0.817. The van der Waals surface area contributed by atoms with Crippen molar-refractivity contribution in [3.05, 3.63) is 0 Å². The molecule has 1 saturated carbocycles. The SMILES string of the molecule is CC1CCC(CN)(N2CC3CCC(C2)O3)CC1C. The molecule has 2 saturated heterocycles. The minimum absolute atomic E-state index is 0.274. The molecule has 5 unspecified atom stereocenters. The minimum atomic E-state index is 0.274. The van der Waals surface area contributed by atoms with E-state index in [1.807, 2.05) is 0 Å². The first-order chi connectivity index (χ1) is 8.63. The van der Waals surface area contributed by atoms with Gasteiger partial charge in [-0.05, 0) is 43.9 Å². The third kappa shape index (κ3) is 2.10. The maximum Gasteiger partial charge on any atom is 0.0707 e. The highest BCUT2D eigenvalue weighted by atomic mass is 16.5. The lowest BCUT2D eigenvalue weighted by Crippen LogP contribution is -2.61. The zero-order valence-electron chi connectivity index (χ0n) is 11.9. The molecule has 104 valence electrons. The highest BCUT2D eigenvalue weighted by Gasteiger charge is 2.46. The van der Waals surface area contributed by atoms with Gasteiger partial charge in [0.2, 0.25) is 0 Å². The van der Waals surface area contributed by atoms with Gasteiger partial charge in [0, 0.05) is 25.2 Å². The molecule has 0 amide bonds. The average Bonchev–Trinajstić information content (AvgIpc) is 2.72. The predicted octanol–water partition coefficient (Wildman–Crippen LogP) is 2.00. The van der Waals surface area contributed by atoms with E-state index in [-0.39, 0.29) is 5.54 Å². The first kappa shape index (κ1) is 12.9. The van der Waals surface area contributed by atoms with Crippen LogP contribution in [0.1, 0.15) is 46.0 Å². The molecule has 2 N–H and O–H groups in total. The molecule has 5 atom stereocenters. The second-order valence-corrected chi connectivity index (χ2v) is 6.99. The van der Waals surface area contributed by atoms with Crippen molar-refractivity contribution in [2.45, 2.75) is 63.7 Å². The fraction of sp³-hybridized carbons (Fsp3) is 1.00. The summed E-state index contributed by atoms with van der Waals surface area (Å²) in [6.45, 7) is 7.87. The van der Waals surface area contributed by atoms with Crippen molar-refractivity contribution in [2.75, 3.05) is 19.6 Å². The summed E-state index contributed by atoms with van der Waals surface area (Å²) in [4.78, 5) is 2.70. The van der Waals surface area contributed by atoms with Crippen molar-refractivity contribution in [3.8, 4) is 0 Å². The molecule has 3 heteroatoms. The van der Waals surface area contributed by atoms with Gasteiger partial charge < -0.3 is 10.5 Å². The number of likely N-dealkylation sites (tertiary alicyclic amines) is 1. The predicted molar refractivity (Wildman–Crippen MR) is 73.4 cm³/mol. The van der Waals surface area contributed by atoms with E-state index in [4.69, 9.17) is 10.5 Å². The minimum Gasteiger partial charge on any atom is -0.372 e. The lowest BCUT2D eigenvalue weighted by atomic mass is 9.70. The number of fused-ring (bicyclic) bond motifs is 2. The summed E-state index contributed by atoms with van der Waals surface area (Å²) in [6, 6.07) is 0. The van der Waals surface area contributed by atoms with E-state index in [0.29, 0.717) is 12.2 Å². The molecule has 3 fully saturated rings. The summed E-state index contributed by atoms with van der Waals surface area (Å²) >= 11 is 0. The first-order valence-electron chi connectivity index (χ1n) is 7.73. The normalized spacial score (nSPS) is 49.5. The average molecular weight is 252 g/mol. The fourth-order valence-corrected chi connectivity index (χ4v) is 4.29. The van der Waals surface area contributed by atoms with Gasteiger partial charge in [-0.25, -0.2) is 0 Å². The Kier molecular flexibility index (Phi) is 3.41. The number of hydrogen-bond donors (Lipinski definition) is 1. The molecule has 0 radical (unpaired) electrons. The van der Waals surface area contributed by atoms with Crippen LogP contribution in [-0.4, -0.2) is 42.3 Å². The monoisotopic (exact) mass is 252 g/mol. The lowest BCUT2D eigenvalue weighted by molar-refractivity contribution is -0.0933. The number of ether oxygens (including phenoxy) is 1. The van der Waals surface area contributed by atoms with Crippen LogP contribution >= 0.6 is 0 Å². The molecule has 2 heterocycles. The Labute approximate surface area is 111 Å². The fourth-order valence-electron chi connectivity index (χ4n) is 4.29. The Bertz CT molecular complexity index is 297. The van der Waals surface area contributed by atoms with Crippen molar-refractivity contribution in [1.82, 2.24) is 4.90 Å². The van der Waals surface area contributed by atoms with Crippen LogP contribution in [0.4, 0.5) is 0 Å². The molecule has 18 heavy (non-hydrogen) atoms. The van der Waals surface area contributed by atoms with E-state index >= 15 is 0 Å². The second kappa shape index (κ2) is 4.77. The van der Waals surface area contributed by atoms with Crippen LogP contribution in [-0.2, 0) is 4.74 Å². The maximum absolute atomic E-state index is 6.21. The Hall–Kier alpha value is -0.120. The van der Waals surface area contributed by atoms with Gasteiger partial charge in [0.15, 0.2) is 0 Å². The third-order valence-electron chi connectivity index (χ3n) is 5.83. The van der Waals surface area contributed by atoms with Crippen molar-refractivity contribution >= 4 is 0 Å². The van der Waals surface area contributed by atoms with Crippen LogP contribution in [0.2, 0.25) is 0 Å². The largest absolute Gasteiger partial charge is 0.372 e. The molecule has 1 aliphatic carbocycles. The van der Waals surface area contributed by atoms with Crippen LogP contribution in [0, 0.1) is 11.8 Å². The van der Waals surface area contributed by atoms with E-state index in [1.165, 1.54) is 32.1 Å². The molecule has 2 aliphatic heterocycles. The van der Waals surface area contributed by atoms with Crippen molar-refractivity contribution in [3.63, 3.8) is 0 Å². The van der Waals surface area contributed by atoms with E-state index in [1.54, 1.807) is 0 Å². The molecule has 0 aromatic rings. The topological polar surface area (TPSA) is 38.5 Å². The van der Waals surface area contributed by atoms with Crippen LogP contribution in [0.25, 0.3) is 0 Å². The van der Waals surface area contributed by atoms with Crippen LogP contribution in [0.3, 0.4) is 0 Å². The molecule has 3 rings (SSSR count). The van der Waals surface area contributed by atoms with Gasteiger partial charge in [-0.1, -0.05) is 13.8 Å². The van der Waals surface area contributed by atoms with Gasteiger partial charge in [0.05, 0.1) is 12.2 Å². The van der Waals surface area contributed by atoms with Gasteiger partial charge in [-0.2, -0.15) is 0 Å². The standard InChI is InChI=1S/C15H28N2O/c1-11-5-6-15(10-16,7-12(11)2)17-8-13-3-4-14(9-17)18-13/h11-14H,3-10,16H2,1-2H3. The van der Waals surface area contributed by atoms with E-state index in [0.717, 1.165) is 31.5 Å². The second-order valence-electron chi connectivity index (χ2n) is 6.99. The summed E-state index contributed by atoms with van der Waals surface area (Å²) in [5.41, 5.74) is 6.48. The van der Waals surface area contributed by atoms with Crippen molar-refractivity contribution in [2.24, 2.45) is 17.6 Å². The number of morpholine rings is 1. The smallest absolute Gasteiger partial charge is 0.0707 e. The zero-order valence-corrected chi connectivity index (χ0v) is 11.9. The Morgan fingerprint density at radius 3 is 2.33 bits per heavy atom. The lowest BCUT2D eigenvalue weighted by Gasteiger charge is -2.51. The summed E-state index contributed by atoms with van der Waals surface area (Å²) in [5, 5.41) is 0. The summed E-state index contributed by atoms with van der Waals surface area (Å²) < 4.78 is 5.97.